The Hall–Kier alpha value is -3.53. The highest BCUT2D eigenvalue weighted by Gasteiger charge is 2.17. The molecule has 10 heteroatoms. The molecule has 1 aliphatic heterocycles. The summed E-state index contributed by atoms with van der Waals surface area (Å²) in [7, 11) is 0. The van der Waals surface area contributed by atoms with Gasteiger partial charge in [-0.3, -0.25) is 9.59 Å². The molecule has 1 aliphatic rings. The number of aryl methyl sites for hydroxylation is 1. The van der Waals surface area contributed by atoms with Gasteiger partial charge in [0.1, 0.15) is 0 Å². The molecular formula is C20H15F2N3O4S. The number of aromatic nitrogens is 1. The first kappa shape index (κ1) is 19.8. The first-order valence-electron chi connectivity index (χ1n) is 8.81. The third-order valence-corrected chi connectivity index (χ3v) is 5.17. The van der Waals surface area contributed by atoms with E-state index in [2.05, 4.69) is 15.6 Å². The summed E-state index contributed by atoms with van der Waals surface area (Å²) in [5.41, 5.74) is 1.18. The number of thiazole rings is 1. The highest BCUT2D eigenvalue weighted by Crippen LogP contribution is 2.33. The van der Waals surface area contributed by atoms with Crippen LogP contribution in [0.5, 0.6) is 11.5 Å². The molecule has 0 atom stereocenters. The lowest BCUT2D eigenvalue weighted by Gasteiger charge is -2.06. The minimum absolute atomic E-state index is 0.0998. The van der Waals surface area contributed by atoms with Crippen LogP contribution < -0.4 is 20.1 Å². The first-order chi connectivity index (χ1) is 14.4. The van der Waals surface area contributed by atoms with Crippen LogP contribution in [0.15, 0.2) is 36.4 Å². The Morgan fingerprint density at radius 3 is 2.70 bits per heavy atom. The van der Waals surface area contributed by atoms with Gasteiger partial charge in [0.05, 0.1) is 12.2 Å². The normalized spacial score (nSPS) is 12.0. The molecule has 30 heavy (non-hydrogen) atoms. The van der Waals surface area contributed by atoms with Crippen LogP contribution in [-0.2, 0) is 4.79 Å². The molecular weight excluding hydrogens is 416 g/mol. The second-order valence-electron chi connectivity index (χ2n) is 6.35. The minimum Gasteiger partial charge on any atom is -0.454 e. The molecule has 0 radical (unpaired) electrons. The Morgan fingerprint density at radius 2 is 1.90 bits per heavy atom. The standard InChI is InChI=1S/C20H15F2N3O4S/c1-10-18(11-2-4-13(21)14(22)6-11)25-20(30-10)24-17(26)8-23-19(27)12-3-5-15-16(7-12)29-9-28-15/h2-7H,8-9H2,1H3,(H,23,27)(H,24,25,26). The molecule has 1 aromatic heterocycles. The molecule has 154 valence electrons. The van der Waals surface area contributed by atoms with Crippen LogP contribution in [0.1, 0.15) is 15.2 Å². The van der Waals surface area contributed by atoms with Gasteiger partial charge >= 0.3 is 0 Å². The monoisotopic (exact) mass is 431 g/mol. The Kier molecular flexibility index (Phi) is 5.32. The summed E-state index contributed by atoms with van der Waals surface area (Å²) in [4.78, 5) is 29.4. The smallest absolute Gasteiger partial charge is 0.251 e. The molecule has 7 nitrogen and oxygen atoms in total. The number of nitrogens with zero attached hydrogens (tertiary/aromatic N) is 1. The van der Waals surface area contributed by atoms with Crippen molar-refractivity contribution in [3.05, 3.63) is 58.5 Å². The molecule has 0 saturated heterocycles. The second kappa shape index (κ2) is 8.07. The van der Waals surface area contributed by atoms with Gasteiger partial charge in [-0.2, -0.15) is 0 Å². The maximum atomic E-state index is 13.5. The van der Waals surface area contributed by atoms with E-state index in [1.54, 1.807) is 19.1 Å². The van der Waals surface area contributed by atoms with Gasteiger partial charge in [0, 0.05) is 16.0 Å². The fraction of sp³-hybridized carbons (Fsp3) is 0.150. The van der Waals surface area contributed by atoms with Crippen molar-refractivity contribution in [2.24, 2.45) is 0 Å². The number of benzene rings is 2. The highest BCUT2D eigenvalue weighted by molar-refractivity contribution is 7.16. The van der Waals surface area contributed by atoms with E-state index >= 15 is 0 Å². The molecule has 2 N–H and O–H groups in total. The molecule has 3 aromatic rings. The van der Waals surface area contributed by atoms with E-state index in [0.29, 0.717) is 28.3 Å². The van der Waals surface area contributed by atoms with Gasteiger partial charge in [0.2, 0.25) is 12.7 Å². The van der Waals surface area contributed by atoms with Crippen molar-refractivity contribution in [3.63, 3.8) is 0 Å². The van der Waals surface area contributed by atoms with Crippen molar-refractivity contribution in [1.29, 1.82) is 0 Å². The summed E-state index contributed by atoms with van der Waals surface area (Å²) >= 11 is 1.19. The number of anilines is 1. The Bertz CT molecular complexity index is 1150. The predicted octanol–water partition coefficient (Wildman–Crippen LogP) is 3.49. The number of halogens is 2. The van der Waals surface area contributed by atoms with Gasteiger partial charge in [-0.15, -0.1) is 11.3 Å². The minimum atomic E-state index is -0.975. The molecule has 4 rings (SSSR count). The average molecular weight is 431 g/mol. The lowest BCUT2D eigenvalue weighted by atomic mass is 10.1. The van der Waals surface area contributed by atoms with E-state index in [-0.39, 0.29) is 18.5 Å². The van der Waals surface area contributed by atoms with Crippen LogP contribution >= 0.6 is 11.3 Å². The molecule has 2 amide bonds. The van der Waals surface area contributed by atoms with Crippen molar-refractivity contribution in [2.45, 2.75) is 6.92 Å². The maximum Gasteiger partial charge on any atom is 0.251 e. The molecule has 0 unspecified atom stereocenters. The van der Waals surface area contributed by atoms with Crippen LogP contribution in [0.2, 0.25) is 0 Å². The Balaban J connectivity index is 1.37. The molecule has 2 heterocycles. The maximum absolute atomic E-state index is 13.5. The molecule has 2 aromatic carbocycles. The summed E-state index contributed by atoms with van der Waals surface area (Å²) in [5, 5.41) is 5.39. The van der Waals surface area contributed by atoms with Gasteiger partial charge in [-0.1, -0.05) is 0 Å². The fourth-order valence-electron chi connectivity index (χ4n) is 2.83. The van der Waals surface area contributed by atoms with Crippen molar-refractivity contribution in [2.75, 3.05) is 18.7 Å². The average Bonchev–Trinajstić information content (AvgIpc) is 3.33. The van der Waals surface area contributed by atoms with E-state index in [1.165, 1.54) is 23.5 Å². The molecule has 0 saturated carbocycles. The number of hydrogen-bond acceptors (Lipinski definition) is 6. The Labute approximate surface area is 173 Å². The van der Waals surface area contributed by atoms with Gasteiger partial charge in [-0.25, -0.2) is 13.8 Å². The number of carbonyl (C=O) groups is 2. The van der Waals surface area contributed by atoms with Crippen molar-refractivity contribution in [3.8, 4) is 22.8 Å². The van der Waals surface area contributed by atoms with Crippen LogP contribution in [0.4, 0.5) is 13.9 Å². The zero-order chi connectivity index (χ0) is 21.3. The highest BCUT2D eigenvalue weighted by atomic mass is 32.1. The van der Waals surface area contributed by atoms with E-state index < -0.39 is 23.4 Å². The predicted molar refractivity (Wildman–Crippen MR) is 106 cm³/mol. The molecule has 0 bridgehead atoms. The zero-order valence-electron chi connectivity index (χ0n) is 15.6. The zero-order valence-corrected chi connectivity index (χ0v) is 16.4. The summed E-state index contributed by atoms with van der Waals surface area (Å²) in [5.74, 6) is -1.82. The second-order valence-corrected chi connectivity index (χ2v) is 7.55. The van der Waals surface area contributed by atoms with Gasteiger partial charge in [0.15, 0.2) is 28.3 Å². The lowest BCUT2D eigenvalue weighted by Crippen LogP contribution is -2.32. The van der Waals surface area contributed by atoms with E-state index in [9.17, 15) is 18.4 Å². The van der Waals surface area contributed by atoms with E-state index in [0.717, 1.165) is 17.0 Å². The lowest BCUT2D eigenvalue weighted by molar-refractivity contribution is -0.115. The van der Waals surface area contributed by atoms with E-state index in [1.807, 2.05) is 0 Å². The van der Waals surface area contributed by atoms with Crippen molar-refractivity contribution < 1.29 is 27.8 Å². The van der Waals surface area contributed by atoms with Crippen molar-refractivity contribution in [1.82, 2.24) is 10.3 Å². The summed E-state index contributed by atoms with van der Waals surface area (Å²) in [6.07, 6.45) is 0. The SMILES string of the molecule is Cc1sc(NC(=O)CNC(=O)c2ccc3c(c2)OCO3)nc1-c1ccc(F)c(F)c1. The number of nitrogens with one attached hydrogen (secondary N) is 2. The van der Waals surface area contributed by atoms with E-state index in [4.69, 9.17) is 9.47 Å². The van der Waals surface area contributed by atoms with Gasteiger partial charge in [0.25, 0.3) is 5.91 Å². The number of fused-ring (bicyclic) bond motifs is 1. The summed E-state index contributed by atoms with van der Waals surface area (Å²) in [6.45, 7) is 1.58. The number of rotatable bonds is 5. The first-order valence-corrected chi connectivity index (χ1v) is 9.63. The van der Waals surface area contributed by atoms with Crippen molar-refractivity contribution >= 4 is 28.3 Å². The third kappa shape index (κ3) is 4.08. The number of ether oxygens (including phenoxy) is 2. The number of amides is 2. The topological polar surface area (TPSA) is 89.6 Å². The summed E-state index contributed by atoms with van der Waals surface area (Å²) < 4.78 is 37.0. The van der Waals surface area contributed by atoms with Crippen LogP contribution in [-0.4, -0.2) is 30.1 Å². The molecule has 0 aliphatic carbocycles. The molecule has 0 fully saturated rings. The van der Waals surface area contributed by atoms with Gasteiger partial charge < -0.3 is 20.1 Å². The fourth-order valence-corrected chi connectivity index (χ4v) is 3.68. The summed E-state index contributed by atoms with van der Waals surface area (Å²) in [6, 6.07) is 8.21. The quantitative estimate of drug-likeness (QED) is 0.646. The number of carbonyl (C=O) groups excluding carboxylic acids is 2. The molecule has 0 spiro atoms. The third-order valence-electron chi connectivity index (χ3n) is 4.28. The van der Waals surface area contributed by atoms with Crippen LogP contribution in [0.3, 0.4) is 0 Å². The Morgan fingerprint density at radius 1 is 1.10 bits per heavy atom. The number of hydrogen-bond donors (Lipinski definition) is 2. The van der Waals surface area contributed by atoms with Crippen LogP contribution in [0, 0.1) is 18.6 Å². The van der Waals surface area contributed by atoms with Crippen LogP contribution in [0.25, 0.3) is 11.3 Å². The van der Waals surface area contributed by atoms with Gasteiger partial charge in [-0.05, 0) is 43.3 Å². The largest absolute Gasteiger partial charge is 0.454 e.